The Balaban J connectivity index is 0.000000387. The van der Waals surface area contributed by atoms with Crippen molar-refractivity contribution < 1.29 is 46.7 Å². The van der Waals surface area contributed by atoms with Gasteiger partial charge in [-0.25, -0.2) is 9.59 Å². The highest BCUT2D eigenvalue weighted by atomic mass is 35.5. The molecule has 0 saturated carbocycles. The maximum Gasteiger partial charge on any atom is 0.416 e. The van der Waals surface area contributed by atoms with E-state index >= 15 is 0 Å². The Bertz CT molecular complexity index is 1650. The molecule has 0 radical (unpaired) electrons. The molecule has 16 heteroatoms. The molecular weight excluding hydrogens is 680 g/mol. The van der Waals surface area contributed by atoms with Gasteiger partial charge in [-0.2, -0.15) is 13.2 Å². The second kappa shape index (κ2) is 16.2. The van der Waals surface area contributed by atoms with Crippen LogP contribution in [0.4, 0.5) is 18.9 Å². The predicted octanol–water partition coefficient (Wildman–Crippen LogP) is 7.91. The van der Waals surface area contributed by atoms with Gasteiger partial charge < -0.3 is 19.5 Å². The number of carbonyl (C=O) groups excluding carboxylic acids is 3. The summed E-state index contributed by atoms with van der Waals surface area (Å²) in [6, 6.07) is 9.99. The van der Waals surface area contributed by atoms with E-state index in [0.29, 0.717) is 21.7 Å². The van der Waals surface area contributed by atoms with E-state index in [1.165, 1.54) is 19.1 Å². The van der Waals surface area contributed by atoms with Crippen molar-refractivity contribution in [2.24, 2.45) is 0 Å². The monoisotopic (exact) mass is 702 g/mol. The first-order chi connectivity index (χ1) is 21.4. The van der Waals surface area contributed by atoms with Gasteiger partial charge in [0.25, 0.3) is 11.6 Å². The minimum absolute atomic E-state index is 0.0493. The number of benzene rings is 3. The number of terminal acetylenes is 1. The summed E-state index contributed by atoms with van der Waals surface area (Å²) in [6.45, 7) is 4.29. The first-order valence-corrected chi connectivity index (χ1v) is 13.9. The number of alkyl halides is 3. The lowest BCUT2D eigenvalue weighted by molar-refractivity contribution is -0.385. The number of nitro benzene ring substituents is 1. The maximum atomic E-state index is 12.7. The van der Waals surface area contributed by atoms with Gasteiger partial charge in [0.2, 0.25) is 0 Å². The van der Waals surface area contributed by atoms with Crippen molar-refractivity contribution in [3.63, 3.8) is 0 Å². The van der Waals surface area contributed by atoms with Crippen LogP contribution in [-0.2, 0) is 20.4 Å². The Morgan fingerprint density at radius 2 is 1.61 bits per heavy atom. The number of nitrogens with one attached hydrogen (secondary N) is 1. The highest BCUT2D eigenvalue weighted by molar-refractivity contribution is 6.35. The molecule has 46 heavy (non-hydrogen) atoms. The van der Waals surface area contributed by atoms with Gasteiger partial charge in [0, 0.05) is 27.7 Å². The molecule has 0 aliphatic carbocycles. The lowest BCUT2D eigenvalue weighted by Crippen LogP contribution is -2.42. The fourth-order valence-corrected chi connectivity index (χ4v) is 4.02. The molecular formula is C30H24Cl3F3N2O8. The lowest BCUT2D eigenvalue weighted by Gasteiger charge is -2.19. The Kier molecular flexibility index (Phi) is 13.2. The molecule has 3 rings (SSSR count). The van der Waals surface area contributed by atoms with E-state index in [-0.39, 0.29) is 29.0 Å². The van der Waals surface area contributed by atoms with Gasteiger partial charge in [-0.1, -0.05) is 40.7 Å². The van der Waals surface area contributed by atoms with E-state index in [1.54, 1.807) is 19.9 Å². The average Bonchev–Trinajstić information content (AvgIpc) is 2.96. The van der Waals surface area contributed by atoms with E-state index < -0.39 is 52.0 Å². The molecule has 3 aromatic rings. The van der Waals surface area contributed by atoms with Crippen molar-refractivity contribution in [3.05, 3.63) is 96.5 Å². The number of hydrogen-bond donors (Lipinski definition) is 1. The third kappa shape index (κ3) is 11.4. The summed E-state index contributed by atoms with van der Waals surface area (Å²) in [5, 5.41) is 14.3. The number of nitrogens with zero attached hydrogens (tertiary/aromatic N) is 1. The van der Waals surface area contributed by atoms with Crippen LogP contribution in [0.3, 0.4) is 0 Å². The van der Waals surface area contributed by atoms with Crippen LogP contribution < -0.4 is 10.1 Å². The second-order valence-electron chi connectivity index (χ2n) is 9.44. The highest BCUT2D eigenvalue weighted by Gasteiger charge is 2.31. The van der Waals surface area contributed by atoms with Crippen LogP contribution in [0.1, 0.15) is 47.1 Å². The number of carbonyl (C=O) groups is 3. The first kappa shape index (κ1) is 37.7. The molecule has 0 aromatic heterocycles. The summed E-state index contributed by atoms with van der Waals surface area (Å²) in [5.74, 6) is -0.181. The van der Waals surface area contributed by atoms with Gasteiger partial charge >= 0.3 is 18.1 Å². The Labute approximate surface area is 275 Å². The van der Waals surface area contributed by atoms with Gasteiger partial charge in [0.05, 0.1) is 27.7 Å². The lowest BCUT2D eigenvalue weighted by atomic mass is 10.1. The van der Waals surface area contributed by atoms with Crippen LogP contribution in [0, 0.1) is 22.5 Å². The molecule has 244 valence electrons. The minimum atomic E-state index is -4.61. The number of hydrogen-bond acceptors (Lipinski definition) is 8. The van der Waals surface area contributed by atoms with Gasteiger partial charge in [-0.05, 0) is 63.2 Å². The molecule has 3 aromatic carbocycles. The third-order valence-corrected chi connectivity index (χ3v) is 6.14. The molecule has 10 nitrogen and oxygen atoms in total. The number of amides is 1. The van der Waals surface area contributed by atoms with Gasteiger partial charge in [-0.15, -0.1) is 6.42 Å². The van der Waals surface area contributed by atoms with Crippen LogP contribution in [-0.4, -0.2) is 41.5 Å². The summed E-state index contributed by atoms with van der Waals surface area (Å²) in [5.41, 5.74) is -2.47. The number of ether oxygens (including phenoxy) is 3. The van der Waals surface area contributed by atoms with Crippen LogP contribution in [0.2, 0.25) is 15.1 Å². The number of rotatable bonds is 9. The van der Waals surface area contributed by atoms with Crippen molar-refractivity contribution in [1.82, 2.24) is 5.32 Å². The van der Waals surface area contributed by atoms with Crippen LogP contribution in [0.15, 0.2) is 54.6 Å². The summed E-state index contributed by atoms with van der Waals surface area (Å²) in [7, 11) is 0. The smallest absolute Gasteiger partial charge is 0.416 e. The van der Waals surface area contributed by atoms with Crippen molar-refractivity contribution in [2.45, 2.75) is 32.5 Å². The molecule has 0 aliphatic heterocycles. The topological polar surface area (TPSA) is 134 Å². The first-order valence-electron chi connectivity index (χ1n) is 12.8. The molecule has 0 heterocycles. The normalized spacial score (nSPS) is 10.9. The molecule has 0 fully saturated rings. The fraction of sp³-hybridized carbons (Fsp3) is 0.233. The largest absolute Gasteiger partial charge is 0.463 e. The third-order valence-electron chi connectivity index (χ3n) is 5.41. The molecule has 0 unspecified atom stereocenters. The molecule has 1 N–H and O–H groups in total. The van der Waals surface area contributed by atoms with Crippen LogP contribution in [0.25, 0.3) is 0 Å². The van der Waals surface area contributed by atoms with Crippen LogP contribution in [0.5, 0.6) is 11.5 Å². The molecule has 0 saturated heterocycles. The predicted molar refractivity (Wildman–Crippen MR) is 163 cm³/mol. The summed E-state index contributed by atoms with van der Waals surface area (Å²) < 4.78 is 52.8. The van der Waals surface area contributed by atoms with Crippen molar-refractivity contribution in [2.75, 3.05) is 13.2 Å². The van der Waals surface area contributed by atoms with Gasteiger partial charge in [0.1, 0.15) is 17.1 Å². The molecule has 0 bridgehead atoms. The maximum absolute atomic E-state index is 12.7. The van der Waals surface area contributed by atoms with E-state index in [1.807, 2.05) is 0 Å². The minimum Gasteiger partial charge on any atom is -0.463 e. The molecule has 0 atom stereocenters. The Hall–Kier alpha value is -4.51. The van der Waals surface area contributed by atoms with E-state index in [2.05, 4.69) is 16.0 Å². The van der Waals surface area contributed by atoms with E-state index in [4.69, 9.17) is 50.7 Å². The summed E-state index contributed by atoms with van der Waals surface area (Å²) in [4.78, 5) is 45.6. The zero-order valence-corrected chi connectivity index (χ0v) is 26.4. The van der Waals surface area contributed by atoms with Gasteiger partial charge in [0.15, 0.2) is 6.61 Å². The highest BCUT2D eigenvalue weighted by Crippen LogP contribution is 2.37. The fourth-order valence-electron chi connectivity index (χ4n) is 3.27. The van der Waals surface area contributed by atoms with Crippen molar-refractivity contribution in [3.8, 4) is 23.8 Å². The zero-order chi connectivity index (χ0) is 34.8. The number of esters is 2. The number of nitro groups is 1. The zero-order valence-electron chi connectivity index (χ0n) is 24.2. The summed E-state index contributed by atoms with van der Waals surface area (Å²) in [6.07, 6.45) is 0.670. The average molecular weight is 704 g/mol. The van der Waals surface area contributed by atoms with Crippen LogP contribution >= 0.6 is 34.8 Å². The summed E-state index contributed by atoms with van der Waals surface area (Å²) >= 11 is 17.4. The van der Waals surface area contributed by atoms with Crippen molar-refractivity contribution in [1.29, 1.82) is 0 Å². The quantitative estimate of drug-likeness (QED) is 0.103. The van der Waals surface area contributed by atoms with Crippen molar-refractivity contribution >= 4 is 58.3 Å². The SMILES string of the molecule is C#CC(C)(C)NC(=O)c1cc(Cl)cc(Cl)c1.CCOC(=O)COC(=O)c1cc(Oc2ccc(C(F)(F)F)cc2Cl)ccc1[N+](=O)[O-]. The van der Waals surface area contributed by atoms with E-state index in [9.17, 15) is 37.7 Å². The standard InChI is InChI=1S/C18H13ClF3NO7.C12H11Cl2NO/c1-2-28-16(24)9-29-17(25)12-8-11(4-5-14(12)23(26)27)30-15-6-3-10(7-13(15)19)18(20,21)22;1-4-12(2,3)15-11(16)8-5-9(13)7-10(14)6-8/h3-8H,2,9H2,1H3;1,5-7H,2-3H3,(H,15,16). The number of halogens is 6. The molecule has 0 spiro atoms. The van der Waals surface area contributed by atoms with E-state index in [0.717, 1.165) is 30.3 Å². The molecule has 0 aliphatic rings. The Morgan fingerprint density at radius 3 is 2.13 bits per heavy atom. The van der Waals surface area contributed by atoms with Gasteiger partial charge in [-0.3, -0.25) is 14.9 Å². The molecule has 1 amide bonds. The Morgan fingerprint density at radius 1 is 0.978 bits per heavy atom. The second-order valence-corrected chi connectivity index (χ2v) is 10.7.